The van der Waals surface area contributed by atoms with Gasteiger partial charge in [-0.3, -0.25) is 5.32 Å². The molecule has 3 nitrogen and oxygen atoms in total. The van der Waals surface area contributed by atoms with E-state index >= 15 is 0 Å². The summed E-state index contributed by atoms with van der Waals surface area (Å²) in [7, 11) is 0. The summed E-state index contributed by atoms with van der Waals surface area (Å²) in [6.45, 7) is 8.63. The number of para-hydroxylation sites is 1. The first-order valence-electron chi connectivity index (χ1n) is 4.84. The van der Waals surface area contributed by atoms with Gasteiger partial charge >= 0.3 is 0 Å². The minimum Gasteiger partial charge on any atom is -0.296 e. The summed E-state index contributed by atoms with van der Waals surface area (Å²) in [6.07, 6.45) is 0.167. The summed E-state index contributed by atoms with van der Waals surface area (Å²) in [6, 6.07) is 10.0. The maximum atomic E-state index is 4.00. The molecule has 0 fully saturated rings. The molecule has 3 heteroatoms. The molecule has 0 aliphatic rings. The molecule has 0 heterocycles. The smallest absolute Gasteiger partial charge is 0.0991 e. The normalized spacial score (nSPS) is 12.1. The van der Waals surface area contributed by atoms with Crippen LogP contribution in [0.25, 0.3) is 0 Å². The highest BCUT2D eigenvalue weighted by Gasteiger charge is 2.10. The quantitative estimate of drug-likeness (QED) is 0.438. The van der Waals surface area contributed by atoms with E-state index in [1.54, 1.807) is 0 Å². The average Bonchev–Trinajstić information content (AvgIpc) is 2.21. The molecule has 76 valence electrons. The molecule has 0 amide bonds. The molecular formula is C11H17N3. The molecule has 0 bridgehead atoms. The van der Waals surface area contributed by atoms with Crippen molar-refractivity contribution >= 4 is 12.4 Å². The second kappa shape index (κ2) is 5.40. The fraction of sp³-hybridized carbons (Fsp3) is 0.364. The third-order valence-electron chi connectivity index (χ3n) is 2.04. The molecule has 1 aromatic carbocycles. The van der Waals surface area contributed by atoms with E-state index in [9.17, 15) is 0 Å². The van der Waals surface area contributed by atoms with Gasteiger partial charge in [0.2, 0.25) is 0 Å². The maximum Gasteiger partial charge on any atom is 0.0991 e. The molecule has 0 aromatic heterocycles. The minimum atomic E-state index is 0.167. The molecule has 1 atom stereocenters. The molecule has 1 unspecified atom stereocenters. The summed E-state index contributed by atoms with van der Waals surface area (Å²) < 4.78 is 0. The molecule has 0 aliphatic heterocycles. The molecule has 14 heavy (non-hydrogen) atoms. The zero-order valence-corrected chi connectivity index (χ0v) is 8.77. The molecule has 1 aromatic rings. The number of hydrazone groups is 1. The highest BCUT2D eigenvalue weighted by Crippen LogP contribution is 2.14. The van der Waals surface area contributed by atoms with Gasteiger partial charge in [-0.1, -0.05) is 25.1 Å². The van der Waals surface area contributed by atoms with Gasteiger partial charge in [0.05, 0.1) is 11.9 Å². The van der Waals surface area contributed by atoms with Crippen LogP contribution >= 0.6 is 0 Å². The molecule has 0 aliphatic carbocycles. The van der Waals surface area contributed by atoms with Crippen LogP contribution in [0.3, 0.4) is 0 Å². The highest BCUT2D eigenvalue weighted by molar-refractivity contribution is 5.48. The summed E-state index contributed by atoms with van der Waals surface area (Å²) in [5.41, 5.74) is 1.05. The molecule has 1 N–H and O–H groups in total. The Balaban J connectivity index is 2.76. The number of nitrogens with zero attached hydrogens (tertiary/aromatic N) is 2. The number of anilines is 1. The van der Waals surface area contributed by atoms with Crippen molar-refractivity contribution in [3.05, 3.63) is 30.3 Å². The second-order valence-electron chi connectivity index (χ2n) is 3.06. The number of hydrogen-bond acceptors (Lipinski definition) is 3. The zero-order valence-electron chi connectivity index (χ0n) is 8.77. The number of rotatable bonds is 5. The monoisotopic (exact) mass is 191 g/mol. The fourth-order valence-electron chi connectivity index (χ4n) is 1.39. The Bertz CT molecular complexity index is 271. The summed E-state index contributed by atoms with van der Waals surface area (Å²) >= 11 is 0. The van der Waals surface area contributed by atoms with Crippen LogP contribution in [0.15, 0.2) is 35.4 Å². The molecule has 0 saturated heterocycles. The lowest BCUT2D eigenvalue weighted by atomic mass is 10.3. The van der Waals surface area contributed by atoms with Gasteiger partial charge in [-0.05, 0) is 25.6 Å². The molecular weight excluding hydrogens is 174 g/mol. The van der Waals surface area contributed by atoms with Gasteiger partial charge in [0, 0.05) is 6.72 Å². The Morgan fingerprint density at radius 1 is 1.43 bits per heavy atom. The second-order valence-corrected chi connectivity index (χ2v) is 3.06. The lowest BCUT2D eigenvalue weighted by Gasteiger charge is -2.26. The van der Waals surface area contributed by atoms with Crippen molar-refractivity contribution in [3.63, 3.8) is 0 Å². The van der Waals surface area contributed by atoms with Crippen molar-refractivity contribution in [2.45, 2.75) is 20.0 Å². The van der Waals surface area contributed by atoms with E-state index in [0.29, 0.717) is 0 Å². The molecule has 0 spiro atoms. The van der Waals surface area contributed by atoms with Crippen LogP contribution < -0.4 is 10.3 Å². The lowest BCUT2D eigenvalue weighted by molar-refractivity contribution is 0.542. The Morgan fingerprint density at radius 2 is 2.07 bits per heavy atom. The van der Waals surface area contributed by atoms with Crippen LogP contribution in [0, 0.1) is 0 Å². The minimum absolute atomic E-state index is 0.167. The number of benzene rings is 1. The first-order chi connectivity index (χ1) is 6.79. The average molecular weight is 191 g/mol. The fourth-order valence-corrected chi connectivity index (χ4v) is 1.39. The van der Waals surface area contributed by atoms with Gasteiger partial charge in [0.25, 0.3) is 0 Å². The van der Waals surface area contributed by atoms with E-state index in [1.165, 1.54) is 0 Å². The van der Waals surface area contributed by atoms with Crippen LogP contribution in [0.1, 0.15) is 13.8 Å². The van der Waals surface area contributed by atoms with Crippen LogP contribution in [0.5, 0.6) is 0 Å². The van der Waals surface area contributed by atoms with Crippen LogP contribution in [0.4, 0.5) is 5.69 Å². The maximum absolute atomic E-state index is 4.00. The number of hydrogen-bond donors (Lipinski definition) is 1. The number of nitrogens with one attached hydrogen (secondary N) is 1. The van der Waals surface area contributed by atoms with Crippen molar-refractivity contribution in [1.82, 2.24) is 5.32 Å². The van der Waals surface area contributed by atoms with E-state index in [-0.39, 0.29) is 6.17 Å². The van der Waals surface area contributed by atoms with E-state index < -0.39 is 0 Å². The Kier molecular flexibility index (Phi) is 4.13. The van der Waals surface area contributed by atoms with Crippen molar-refractivity contribution in [1.29, 1.82) is 0 Å². The van der Waals surface area contributed by atoms with Gasteiger partial charge < -0.3 is 0 Å². The van der Waals surface area contributed by atoms with Gasteiger partial charge in [-0.2, -0.15) is 5.10 Å². The lowest BCUT2D eigenvalue weighted by Crippen LogP contribution is -2.40. The van der Waals surface area contributed by atoms with Gasteiger partial charge in [-0.15, -0.1) is 0 Å². The van der Waals surface area contributed by atoms with E-state index in [2.05, 4.69) is 31.0 Å². The largest absolute Gasteiger partial charge is 0.296 e. The summed E-state index contributed by atoms with van der Waals surface area (Å²) in [4.78, 5) is 0. The highest BCUT2D eigenvalue weighted by atomic mass is 15.5. The van der Waals surface area contributed by atoms with E-state index in [1.807, 2.05) is 35.3 Å². The van der Waals surface area contributed by atoms with Gasteiger partial charge in [-0.25, -0.2) is 5.01 Å². The van der Waals surface area contributed by atoms with Gasteiger partial charge in [0.1, 0.15) is 0 Å². The Labute approximate surface area is 85.4 Å². The van der Waals surface area contributed by atoms with E-state index in [0.717, 1.165) is 12.2 Å². The first-order valence-corrected chi connectivity index (χ1v) is 4.84. The van der Waals surface area contributed by atoms with Crippen molar-refractivity contribution in [2.75, 3.05) is 11.6 Å². The standard InChI is InChI=1S/C11H17N3/c1-4-13-10(2)14(12-3)11-8-6-5-7-9-11/h5-10,13H,3-4H2,1-2H3. The zero-order chi connectivity index (χ0) is 10.4. The van der Waals surface area contributed by atoms with Crippen LogP contribution in [-0.4, -0.2) is 19.4 Å². The SMILES string of the molecule is C=NN(c1ccccc1)C(C)NCC. The predicted molar refractivity (Wildman–Crippen MR) is 61.6 cm³/mol. The predicted octanol–water partition coefficient (Wildman–Crippen LogP) is 2.06. The topological polar surface area (TPSA) is 27.6 Å². The third kappa shape index (κ3) is 2.57. The molecule has 1 rings (SSSR count). The summed E-state index contributed by atoms with van der Waals surface area (Å²) in [5.74, 6) is 0. The Hall–Kier alpha value is -1.35. The van der Waals surface area contributed by atoms with Crippen LogP contribution in [0.2, 0.25) is 0 Å². The van der Waals surface area contributed by atoms with E-state index in [4.69, 9.17) is 0 Å². The van der Waals surface area contributed by atoms with Crippen molar-refractivity contribution in [3.8, 4) is 0 Å². The molecule has 0 saturated carbocycles. The third-order valence-corrected chi connectivity index (χ3v) is 2.04. The molecule has 0 radical (unpaired) electrons. The summed E-state index contributed by atoms with van der Waals surface area (Å²) in [5, 5.41) is 9.15. The van der Waals surface area contributed by atoms with Crippen molar-refractivity contribution < 1.29 is 0 Å². The van der Waals surface area contributed by atoms with Crippen LogP contribution in [-0.2, 0) is 0 Å². The first kappa shape index (κ1) is 10.7. The van der Waals surface area contributed by atoms with Crippen molar-refractivity contribution in [2.24, 2.45) is 5.10 Å². The van der Waals surface area contributed by atoms with Gasteiger partial charge in [0.15, 0.2) is 0 Å². The Morgan fingerprint density at radius 3 is 2.57 bits per heavy atom.